The number of carbonyl (C=O) groups is 2. The first-order chi connectivity index (χ1) is 4.61. The summed E-state index contributed by atoms with van der Waals surface area (Å²) in [6.45, 7) is 0. The van der Waals surface area contributed by atoms with Crippen LogP contribution in [0.25, 0.3) is 0 Å². The van der Waals surface area contributed by atoms with Crippen molar-refractivity contribution in [1.82, 2.24) is 0 Å². The number of hydrogen-bond acceptors (Lipinski definition) is 2. The van der Waals surface area contributed by atoms with Crippen LogP contribution in [-0.2, 0) is 9.59 Å². The molecule has 1 rings (SSSR count). The molecule has 0 saturated heterocycles. The van der Waals surface area contributed by atoms with Gasteiger partial charge in [-0.05, 0) is 12.3 Å². The van der Waals surface area contributed by atoms with E-state index >= 15 is 0 Å². The lowest BCUT2D eigenvalue weighted by Gasteiger charge is -1.88. The Hall–Kier alpha value is -1.06. The molecule has 4 heteroatoms. The first kappa shape index (κ1) is 7.05. The third-order valence-electron chi connectivity index (χ3n) is 1.68. The minimum atomic E-state index is -0.909. The van der Waals surface area contributed by atoms with Gasteiger partial charge in [0.05, 0.1) is 5.92 Å². The van der Waals surface area contributed by atoms with Crippen LogP contribution in [-0.4, -0.2) is 22.2 Å². The molecule has 0 unspecified atom stereocenters. The normalized spacial score (nSPS) is 29.6. The molecule has 0 aromatic heterocycles. The summed E-state index contributed by atoms with van der Waals surface area (Å²) < 4.78 is 0. The van der Waals surface area contributed by atoms with Gasteiger partial charge in [-0.3, -0.25) is 9.59 Å². The molecule has 0 spiro atoms. The largest absolute Gasteiger partial charge is 0.481 e. The molecule has 2 atom stereocenters. The molecule has 0 heterocycles. The molecule has 10 heavy (non-hydrogen) atoms. The van der Waals surface area contributed by atoms with Gasteiger partial charge in [-0.1, -0.05) is 0 Å². The van der Waals surface area contributed by atoms with Crippen LogP contribution in [0.1, 0.15) is 12.8 Å². The SMILES string of the molecule is O=C(O)C[C@H]1C[C@H]1C(=O)O. The van der Waals surface area contributed by atoms with Crippen LogP contribution < -0.4 is 0 Å². The highest BCUT2D eigenvalue weighted by Crippen LogP contribution is 2.41. The predicted molar refractivity (Wildman–Crippen MR) is 31.5 cm³/mol. The molecule has 0 radical (unpaired) electrons. The van der Waals surface area contributed by atoms with Crippen LogP contribution in [0.3, 0.4) is 0 Å². The number of rotatable bonds is 3. The topological polar surface area (TPSA) is 74.6 Å². The van der Waals surface area contributed by atoms with Crippen molar-refractivity contribution < 1.29 is 19.8 Å². The Morgan fingerprint density at radius 2 is 2.00 bits per heavy atom. The van der Waals surface area contributed by atoms with Crippen molar-refractivity contribution in [3.8, 4) is 0 Å². The molecule has 1 saturated carbocycles. The van der Waals surface area contributed by atoms with Gasteiger partial charge in [0.2, 0.25) is 0 Å². The molecule has 4 nitrogen and oxygen atoms in total. The standard InChI is InChI=1S/C6H8O4/c7-5(8)2-3-1-4(3)6(9)10/h3-4H,1-2H2,(H,7,8)(H,9,10)/t3-,4-/m1/s1. The third-order valence-corrected chi connectivity index (χ3v) is 1.68. The molecular weight excluding hydrogens is 136 g/mol. The van der Waals surface area contributed by atoms with Crippen molar-refractivity contribution >= 4 is 11.9 Å². The van der Waals surface area contributed by atoms with Crippen LogP contribution in [0, 0.1) is 11.8 Å². The first-order valence-electron chi connectivity index (χ1n) is 3.06. The summed E-state index contributed by atoms with van der Waals surface area (Å²) >= 11 is 0. The summed E-state index contributed by atoms with van der Waals surface area (Å²) in [7, 11) is 0. The zero-order valence-corrected chi connectivity index (χ0v) is 5.28. The van der Waals surface area contributed by atoms with Crippen LogP contribution in [0.15, 0.2) is 0 Å². The molecular formula is C6H8O4. The summed E-state index contributed by atoms with van der Waals surface area (Å²) in [5.74, 6) is -2.29. The zero-order valence-electron chi connectivity index (χ0n) is 5.28. The Balaban J connectivity index is 2.26. The van der Waals surface area contributed by atoms with Crippen molar-refractivity contribution in [2.45, 2.75) is 12.8 Å². The van der Waals surface area contributed by atoms with Gasteiger partial charge in [0.25, 0.3) is 0 Å². The van der Waals surface area contributed by atoms with Gasteiger partial charge < -0.3 is 10.2 Å². The second-order valence-corrected chi connectivity index (χ2v) is 2.54. The fraction of sp³-hybridized carbons (Fsp3) is 0.667. The quantitative estimate of drug-likeness (QED) is 0.592. The van der Waals surface area contributed by atoms with Gasteiger partial charge in [0.1, 0.15) is 0 Å². The number of carboxylic acid groups (broad SMARTS) is 2. The van der Waals surface area contributed by atoms with Crippen LogP contribution in [0.4, 0.5) is 0 Å². The van der Waals surface area contributed by atoms with E-state index in [0.717, 1.165) is 0 Å². The van der Waals surface area contributed by atoms with E-state index in [1.807, 2.05) is 0 Å². The fourth-order valence-corrected chi connectivity index (χ4v) is 1.000. The fourth-order valence-electron chi connectivity index (χ4n) is 1.000. The van der Waals surface area contributed by atoms with Crippen LogP contribution >= 0.6 is 0 Å². The van der Waals surface area contributed by atoms with Crippen LogP contribution in [0.5, 0.6) is 0 Å². The van der Waals surface area contributed by atoms with Crippen molar-refractivity contribution in [2.75, 3.05) is 0 Å². The maximum atomic E-state index is 10.2. The average Bonchev–Trinajstić information content (AvgIpc) is 2.43. The summed E-state index contributed by atoms with van der Waals surface area (Å²) in [6.07, 6.45) is 0.526. The minimum Gasteiger partial charge on any atom is -0.481 e. The molecule has 0 amide bonds. The number of aliphatic carboxylic acids is 2. The second kappa shape index (κ2) is 2.28. The van der Waals surface area contributed by atoms with E-state index < -0.39 is 17.9 Å². The molecule has 0 bridgehead atoms. The summed E-state index contributed by atoms with van der Waals surface area (Å²) in [6, 6.07) is 0. The van der Waals surface area contributed by atoms with Gasteiger partial charge in [-0.25, -0.2) is 0 Å². The van der Waals surface area contributed by atoms with Gasteiger partial charge in [0, 0.05) is 6.42 Å². The Morgan fingerprint density at radius 3 is 2.30 bits per heavy atom. The van der Waals surface area contributed by atoms with E-state index in [2.05, 4.69) is 0 Å². The van der Waals surface area contributed by atoms with Crippen molar-refractivity contribution in [1.29, 1.82) is 0 Å². The molecule has 2 N–H and O–H groups in total. The van der Waals surface area contributed by atoms with Crippen molar-refractivity contribution in [3.05, 3.63) is 0 Å². The Bertz CT molecular complexity index is 175. The Morgan fingerprint density at radius 1 is 1.40 bits per heavy atom. The molecule has 56 valence electrons. The molecule has 1 aliphatic carbocycles. The van der Waals surface area contributed by atoms with Gasteiger partial charge >= 0.3 is 11.9 Å². The smallest absolute Gasteiger partial charge is 0.306 e. The average molecular weight is 144 g/mol. The lowest BCUT2D eigenvalue weighted by Crippen LogP contribution is -2.03. The maximum absolute atomic E-state index is 10.2. The Labute approximate surface area is 57.5 Å². The van der Waals surface area contributed by atoms with Crippen molar-refractivity contribution in [2.24, 2.45) is 11.8 Å². The highest BCUT2D eigenvalue weighted by Gasteiger charge is 2.44. The van der Waals surface area contributed by atoms with Crippen molar-refractivity contribution in [3.63, 3.8) is 0 Å². The predicted octanol–water partition coefficient (Wildman–Crippen LogP) is 0.182. The molecule has 0 aromatic carbocycles. The van der Waals surface area contributed by atoms with Gasteiger partial charge in [-0.2, -0.15) is 0 Å². The summed E-state index contributed by atoms with van der Waals surface area (Å²) in [5, 5.41) is 16.6. The highest BCUT2D eigenvalue weighted by atomic mass is 16.4. The molecule has 0 aromatic rings. The van der Waals surface area contributed by atoms with Gasteiger partial charge in [-0.15, -0.1) is 0 Å². The highest BCUT2D eigenvalue weighted by molar-refractivity contribution is 5.76. The van der Waals surface area contributed by atoms with Gasteiger partial charge in [0.15, 0.2) is 0 Å². The molecule has 0 aliphatic heterocycles. The van der Waals surface area contributed by atoms with E-state index in [-0.39, 0.29) is 12.3 Å². The van der Waals surface area contributed by atoms with E-state index in [9.17, 15) is 9.59 Å². The molecule has 1 aliphatic rings. The second-order valence-electron chi connectivity index (χ2n) is 2.54. The van der Waals surface area contributed by atoms with E-state index in [1.54, 1.807) is 0 Å². The third kappa shape index (κ3) is 1.46. The molecule has 1 fully saturated rings. The summed E-state index contributed by atoms with van der Waals surface area (Å²) in [5.41, 5.74) is 0. The van der Waals surface area contributed by atoms with E-state index in [1.165, 1.54) is 0 Å². The first-order valence-corrected chi connectivity index (χ1v) is 3.06. The monoisotopic (exact) mass is 144 g/mol. The minimum absolute atomic E-state index is 0.00301. The maximum Gasteiger partial charge on any atom is 0.306 e. The van der Waals surface area contributed by atoms with E-state index in [0.29, 0.717) is 6.42 Å². The summed E-state index contributed by atoms with van der Waals surface area (Å²) in [4.78, 5) is 20.2. The zero-order chi connectivity index (χ0) is 7.72. The number of carboxylic acids is 2. The lowest BCUT2D eigenvalue weighted by molar-refractivity contribution is -0.139. The van der Waals surface area contributed by atoms with E-state index in [4.69, 9.17) is 10.2 Å². The number of hydrogen-bond donors (Lipinski definition) is 2. The van der Waals surface area contributed by atoms with Crippen LogP contribution in [0.2, 0.25) is 0 Å². The lowest BCUT2D eigenvalue weighted by atomic mass is 10.2. The Kier molecular flexibility index (Phi) is 1.61.